The van der Waals surface area contributed by atoms with E-state index >= 15 is 0 Å². The minimum Gasteiger partial charge on any atom is -0.381 e. The third kappa shape index (κ3) is 4.48. The van der Waals surface area contributed by atoms with E-state index in [1.54, 1.807) is 0 Å². The molecule has 4 heteroatoms. The van der Waals surface area contributed by atoms with Crippen LogP contribution in [0.4, 0.5) is 5.82 Å². The Morgan fingerprint density at radius 1 is 1.42 bits per heavy atom. The molecular formula is C15H25N3O. The smallest absolute Gasteiger partial charge is 0.128 e. The maximum absolute atomic E-state index is 5.41. The van der Waals surface area contributed by atoms with Crippen molar-refractivity contribution in [3.63, 3.8) is 0 Å². The van der Waals surface area contributed by atoms with Crippen LogP contribution >= 0.6 is 0 Å². The van der Waals surface area contributed by atoms with Gasteiger partial charge in [-0.2, -0.15) is 0 Å². The Bertz CT molecular complexity index is 377. The van der Waals surface area contributed by atoms with Crippen LogP contribution in [0.25, 0.3) is 0 Å². The number of ether oxygens (including phenoxy) is 1. The van der Waals surface area contributed by atoms with E-state index in [1.807, 2.05) is 6.20 Å². The molecule has 0 atom stereocenters. The van der Waals surface area contributed by atoms with Gasteiger partial charge in [0.1, 0.15) is 5.82 Å². The predicted molar refractivity (Wildman–Crippen MR) is 78.4 cm³/mol. The summed E-state index contributed by atoms with van der Waals surface area (Å²) in [6.07, 6.45) is 4.24. The molecule has 0 aromatic carbocycles. The Kier molecular flexibility index (Phi) is 5.61. The van der Waals surface area contributed by atoms with Crippen LogP contribution in [0.3, 0.4) is 0 Å². The van der Waals surface area contributed by atoms with Gasteiger partial charge in [-0.15, -0.1) is 0 Å². The van der Waals surface area contributed by atoms with Gasteiger partial charge in [-0.3, -0.25) is 0 Å². The molecule has 1 fully saturated rings. The van der Waals surface area contributed by atoms with Crippen LogP contribution in [0.15, 0.2) is 18.3 Å². The van der Waals surface area contributed by atoms with Gasteiger partial charge >= 0.3 is 0 Å². The van der Waals surface area contributed by atoms with Crippen LogP contribution in [0.5, 0.6) is 0 Å². The highest BCUT2D eigenvalue weighted by molar-refractivity contribution is 5.40. The van der Waals surface area contributed by atoms with E-state index in [2.05, 4.69) is 41.3 Å². The molecule has 0 amide bonds. The van der Waals surface area contributed by atoms with Crippen LogP contribution in [0.2, 0.25) is 0 Å². The number of aromatic nitrogens is 1. The SMILES string of the molecule is CCNCc1ccnc(N(C)CC2CCOCC2)c1. The molecule has 1 aromatic rings. The second kappa shape index (κ2) is 7.46. The number of rotatable bonds is 6. The van der Waals surface area contributed by atoms with Gasteiger partial charge in [0.2, 0.25) is 0 Å². The topological polar surface area (TPSA) is 37.4 Å². The fraction of sp³-hybridized carbons (Fsp3) is 0.667. The summed E-state index contributed by atoms with van der Waals surface area (Å²) in [6.45, 7) is 6.92. The average Bonchev–Trinajstić information content (AvgIpc) is 2.46. The van der Waals surface area contributed by atoms with Crippen molar-refractivity contribution in [3.05, 3.63) is 23.9 Å². The van der Waals surface area contributed by atoms with Gasteiger partial charge in [0.15, 0.2) is 0 Å². The van der Waals surface area contributed by atoms with Crippen molar-refractivity contribution in [2.75, 3.05) is 38.3 Å². The number of pyridine rings is 1. The molecule has 0 aliphatic carbocycles. The first-order valence-corrected chi connectivity index (χ1v) is 7.24. The molecule has 1 N–H and O–H groups in total. The monoisotopic (exact) mass is 263 g/mol. The van der Waals surface area contributed by atoms with Crippen molar-refractivity contribution >= 4 is 5.82 Å². The molecule has 2 heterocycles. The quantitative estimate of drug-likeness (QED) is 0.852. The summed E-state index contributed by atoms with van der Waals surface area (Å²) in [6, 6.07) is 4.26. The zero-order valence-electron chi connectivity index (χ0n) is 12.1. The van der Waals surface area contributed by atoms with Gasteiger partial charge in [0.05, 0.1) is 0 Å². The number of nitrogens with one attached hydrogen (secondary N) is 1. The highest BCUT2D eigenvalue weighted by atomic mass is 16.5. The predicted octanol–water partition coefficient (Wildman–Crippen LogP) is 2.05. The minimum absolute atomic E-state index is 0.734. The fourth-order valence-electron chi connectivity index (χ4n) is 2.46. The van der Waals surface area contributed by atoms with Crippen molar-refractivity contribution in [2.45, 2.75) is 26.3 Å². The Morgan fingerprint density at radius 2 is 2.21 bits per heavy atom. The first-order chi connectivity index (χ1) is 9.29. The van der Waals surface area contributed by atoms with E-state index in [0.29, 0.717) is 0 Å². The lowest BCUT2D eigenvalue weighted by atomic mass is 10.00. The van der Waals surface area contributed by atoms with Gasteiger partial charge in [-0.1, -0.05) is 6.92 Å². The van der Waals surface area contributed by atoms with Crippen molar-refractivity contribution in [3.8, 4) is 0 Å². The average molecular weight is 263 g/mol. The zero-order chi connectivity index (χ0) is 13.5. The van der Waals surface area contributed by atoms with Crippen molar-refractivity contribution in [2.24, 2.45) is 5.92 Å². The van der Waals surface area contributed by atoms with Crippen LogP contribution in [0, 0.1) is 5.92 Å². The zero-order valence-corrected chi connectivity index (χ0v) is 12.1. The van der Waals surface area contributed by atoms with E-state index in [-0.39, 0.29) is 0 Å². The molecule has 4 nitrogen and oxygen atoms in total. The van der Waals surface area contributed by atoms with Crippen LogP contribution in [-0.2, 0) is 11.3 Å². The number of hydrogen-bond donors (Lipinski definition) is 1. The maximum atomic E-state index is 5.41. The lowest BCUT2D eigenvalue weighted by molar-refractivity contribution is 0.0685. The standard InChI is InChI=1S/C15H25N3O/c1-3-16-11-14-4-7-17-15(10-14)18(2)12-13-5-8-19-9-6-13/h4,7,10,13,16H,3,5-6,8-9,11-12H2,1-2H3. The van der Waals surface area contributed by atoms with Crippen LogP contribution in [-0.4, -0.2) is 38.3 Å². The summed E-state index contributed by atoms with van der Waals surface area (Å²) in [4.78, 5) is 6.75. The summed E-state index contributed by atoms with van der Waals surface area (Å²) < 4.78 is 5.41. The molecule has 19 heavy (non-hydrogen) atoms. The molecule has 106 valence electrons. The van der Waals surface area contributed by atoms with Gasteiger partial charge in [-0.05, 0) is 43.0 Å². The summed E-state index contributed by atoms with van der Waals surface area (Å²) >= 11 is 0. The third-order valence-electron chi connectivity index (χ3n) is 3.65. The van der Waals surface area contributed by atoms with Crippen molar-refractivity contribution in [1.29, 1.82) is 0 Å². The van der Waals surface area contributed by atoms with Crippen molar-refractivity contribution < 1.29 is 4.74 Å². The Labute approximate surface area is 116 Å². The second-order valence-electron chi connectivity index (χ2n) is 5.24. The molecule has 1 saturated heterocycles. The molecular weight excluding hydrogens is 238 g/mol. The molecule has 1 aliphatic rings. The highest BCUT2D eigenvalue weighted by Crippen LogP contribution is 2.19. The molecule has 0 bridgehead atoms. The van der Waals surface area contributed by atoms with E-state index in [1.165, 1.54) is 18.4 Å². The Morgan fingerprint density at radius 3 is 2.95 bits per heavy atom. The summed E-state index contributed by atoms with van der Waals surface area (Å²) in [7, 11) is 2.13. The molecule has 0 unspecified atom stereocenters. The minimum atomic E-state index is 0.734. The van der Waals surface area contributed by atoms with Crippen molar-refractivity contribution in [1.82, 2.24) is 10.3 Å². The summed E-state index contributed by atoms with van der Waals surface area (Å²) in [5.41, 5.74) is 1.30. The van der Waals surface area contributed by atoms with Crippen LogP contribution in [0.1, 0.15) is 25.3 Å². The highest BCUT2D eigenvalue weighted by Gasteiger charge is 2.16. The lowest BCUT2D eigenvalue weighted by Crippen LogP contribution is -2.30. The van der Waals surface area contributed by atoms with E-state index in [0.717, 1.165) is 44.6 Å². The van der Waals surface area contributed by atoms with Crippen LogP contribution < -0.4 is 10.2 Å². The van der Waals surface area contributed by atoms with Gasteiger partial charge < -0.3 is 15.0 Å². The van der Waals surface area contributed by atoms with E-state index < -0.39 is 0 Å². The van der Waals surface area contributed by atoms with Gasteiger partial charge in [0, 0.05) is 39.5 Å². The van der Waals surface area contributed by atoms with Gasteiger partial charge in [0.25, 0.3) is 0 Å². The molecule has 0 saturated carbocycles. The number of anilines is 1. The number of nitrogens with zero attached hydrogens (tertiary/aromatic N) is 2. The molecule has 0 radical (unpaired) electrons. The largest absolute Gasteiger partial charge is 0.381 e. The molecule has 2 rings (SSSR count). The lowest BCUT2D eigenvalue weighted by Gasteiger charge is -2.28. The third-order valence-corrected chi connectivity index (χ3v) is 3.65. The van der Waals surface area contributed by atoms with E-state index in [4.69, 9.17) is 4.74 Å². The van der Waals surface area contributed by atoms with Gasteiger partial charge in [-0.25, -0.2) is 4.98 Å². The first-order valence-electron chi connectivity index (χ1n) is 7.24. The summed E-state index contributed by atoms with van der Waals surface area (Å²) in [5.74, 6) is 1.81. The number of hydrogen-bond acceptors (Lipinski definition) is 4. The molecule has 1 aromatic heterocycles. The first kappa shape index (κ1) is 14.3. The maximum Gasteiger partial charge on any atom is 0.128 e. The second-order valence-corrected chi connectivity index (χ2v) is 5.24. The summed E-state index contributed by atoms with van der Waals surface area (Å²) in [5, 5.41) is 3.35. The fourth-order valence-corrected chi connectivity index (χ4v) is 2.46. The Balaban J connectivity index is 1.91. The molecule has 1 aliphatic heterocycles. The molecule has 0 spiro atoms. The normalized spacial score (nSPS) is 16.5. The Hall–Kier alpha value is -1.13. The van der Waals surface area contributed by atoms with E-state index in [9.17, 15) is 0 Å².